The van der Waals surface area contributed by atoms with Crippen molar-refractivity contribution in [1.82, 2.24) is 0 Å². The molecule has 0 unspecified atom stereocenters. The van der Waals surface area contributed by atoms with Crippen LogP contribution in [0.5, 0.6) is 0 Å². The van der Waals surface area contributed by atoms with Crippen molar-refractivity contribution in [2.75, 3.05) is 19.0 Å². The van der Waals surface area contributed by atoms with Crippen molar-refractivity contribution in [2.45, 2.75) is 38.5 Å². The van der Waals surface area contributed by atoms with Gasteiger partial charge in [0, 0.05) is 35.2 Å². The van der Waals surface area contributed by atoms with Crippen LogP contribution in [0.3, 0.4) is 0 Å². The Bertz CT molecular complexity index is 1890. The quantitative estimate of drug-likeness (QED) is 0.255. The van der Waals surface area contributed by atoms with Crippen LogP contribution in [-0.2, 0) is 10.8 Å². The first-order valence-corrected chi connectivity index (χ1v) is 15.7. The highest BCUT2D eigenvalue weighted by molar-refractivity contribution is 6.07. The maximum Gasteiger partial charge on any atom is 0.217 e. The van der Waals surface area contributed by atoms with E-state index in [1.54, 1.807) is 0 Å². The van der Waals surface area contributed by atoms with Crippen LogP contribution in [-0.4, -0.2) is 24.4 Å². The van der Waals surface area contributed by atoms with Crippen molar-refractivity contribution in [1.29, 1.82) is 0 Å². The number of benzene rings is 4. The van der Waals surface area contributed by atoms with E-state index in [4.69, 9.17) is 18.6 Å². The van der Waals surface area contributed by atoms with Crippen molar-refractivity contribution in [2.24, 2.45) is 0 Å². The standard InChI is InChI=1S/C37H37N2.ClHO4/c1-36(2)30-24-22-26-16-12-14-18-28(26)34(30)38(5)32(36)20-10-8-7-9-11-21-33-37(3,4)31-25-23-27-17-13-15-19-29(27)35(31)39(33)6;2-1(3,4)5/h7-25H,1-6H3;(H,2,3,4,5)/q+1;/p-1. The number of halogens is 1. The molecule has 2 aliphatic rings. The molecule has 0 bridgehead atoms. The zero-order chi connectivity index (χ0) is 31.9. The summed E-state index contributed by atoms with van der Waals surface area (Å²) in [4.78, 5) is 2.36. The van der Waals surface area contributed by atoms with Crippen LogP contribution in [0.4, 0.5) is 11.4 Å². The molecule has 7 heteroatoms. The van der Waals surface area contributed by atoms with Gasteiger partial charge in [-0.2, -0.15) is 4.58 Å². The zero-order valence-electron chi connectivity index (χ0n) is 25.9. The van der Waals surface area contributed by atoms with Crippen LogP contribution in [0.1, 0.15) is 38.8 Å². The number of rotatable bonds is 4. The van der Waals surface area contributed by atoms with E-state index in [1.165, 1.54) is 55.5 Å². The van der Waals surface area contributed by atoms with Crippen molar-refractivity contribution in [3.05, 3.63) is 132 Å². The Morgan fingerprint density at radius 1 is 0.659 bits per heavy atom. The fourth-order valence-corrected chi connectivity index (χ4v) is 6.72. The maximum absolute atomic E-state index is 8.49. The van der Waals surface area contributed by atoms with Gasteiger partial charge in [-0.3, -0.25) is 0 Å². The van der Waals surface area contributed by atoms with Gasteiger partial charge in [0.15, 0.2) is 5.71 Å². The molecule has 0 spiro atoms. The van der Waals surface area contributed by atoms with Crippen molar-refractivity contribution in [3.63, 3.8) is 0 Å². The smallest absolute Gasteiger partial charge is 0.217 e. The number of likely N-dealkylation sites (N-methyl/N-ethyl adjacent to an activating group) is 1. The lowest BCUT2D eigenvalue weighted by Crippen LogP contribution is -2.68. The van der Waals surface area contributed by atoms with Crippen LogP contribution in [0, 0.1) is 10.2 Å². The molecule has 6 rings (SSSR count). The van der Waals surface area contributed by atoms with Gasteiger partial charge < -0.3 is 4.90 Å². The lowest BCUT2D eigenvalue weighted by molar-refractivity contribution is -2.00. The number of hydrogen-bond acceptors (Lipinski definition) is 5. The summed E-state index contributed by atoms with van der Waals surface area (Å²) in [5.74, 6) is 0. The number of fused-ring (bicyclic) bond motifs is 6. The van der Waals surface area contributed by atoms with E-state index in [2.05, 4.69) is 167 Å². The summed E-state index contributed by atoms with van der Waals surface area (Å²) in [6.45, 7) is 9.28. The van der Waals surface area contributed by atoms with E-state index in [0.29, 0.717) is 0 Å². The molecule has 2 heterocycles. The second kappa shape index (κ2) is 11.8. The third-order valence-electron chi connectivity index (χ3n) is 8.77. The number of hydrogen-bond donors (Lipinski definition) is 0. The molecule has 4 aromatic carbocycles. The summed E-state index contributed by atoms with van der Waals surface area (Å²) >= 11 is 0. The first-order valence-electron chi connectivity index (χ1n) is 14.5. The highest BCUT2D eigenvalue weighted by atomic mass is 35.7. The van der Waals surface area contributed by atoms with Crippen LogP contribution < -0.4 is 23.5 Å². The average Bonchev–Trinajstić information content (AvgIpc) is 3.29. The van der Waals surface area contributed by atoms with E-state index < -0.39 is 10.2 Å². The molecule has 0 amide bonds. The molecular formula is C37H37ClN2O4. The molecule has 226 valence electrons. The Morgan fingerprint density at radius 2 is 1.18 bits per heavy atom. The summed E-state index contributed by atoms with van der Waals surface area (Å²) < 4.78 is 36.3. The van der Waals surface area contributed by atoms with Crippen LogP contribution in [0.25, 0.3) is 21.5 Å². The molecule has 0 radical (unpaired) electrons. The second-order valence-corrected chi connectivity index (χ2v) is 12.9. The van der Waals surface area contributed by atoms with Crippen molar-refractivity contribution >= 4 is 38.6 Å². The highest BCUT2D eigenvalue weighted by Gasteiger charge is 2.43. The minimum Gasteiger partial charge on any atom is -0.347 e. The van der Waals surface area contributed by atoms with Gasteiger partial charge in [0.1, 0.15) is 7.05 Å². The molecular weight excluding hydrogens is 572 g/mol. The Balaban J connectivity index is 0.000000712. The Labute approximate surface area is 261 Å². The normalized spacial score (nSPS) is 18.2. The minimum absolute atomic E-state index is 0.0451. The van der Waals surface area contributed by atoms with Gasteiger partial charge >= 0.3 is 0 Å². The van der Waals surface area contributed by atoms with Crippen LogP contribution >= 0.6 is 0 Å². The molecule has 2 aliphatic heterocycles. The summed E-state index contributed by atoms with van der Waals surface area (Å²) in [7, 11) is -0.562. The number of anilines is 1. The Morgan fingerprint density at radius 3 is 1.84 bits per heavy atom. The van der Waals surface area contributed by atoms with Crippen molar-refractivity contribution in [3.8, 4) is 0 Å². The third kappa shape index (κ3) is 5.87. The van der Waals surface area contributed by atoms with Gasteiger partial charge in [-0.1, -0.05) is 111 Å². The molecule has 4 aromatic rings. The van der Waals surface area contributed by atoms with E-state index in [-0.39, 0.29) is 10.8 Å². The van der Waals surface area contributed by atoms with E-state index in [0.717, 1.165) is 0 Å². The van der Waals surface area contributed by atoms with Gasteiger partial charge in [0.25, 0.3) is 0 Å². The summed E-state index contributed by atoms with van der Waals surface area (Å²) in [5, 5.41) is 5.21. The summed E-state index contributed by atoms with van der Waals surface area (Å²) in [5.41, 5.74) is 7.95. The molecule has 0 aliphatic carbocycles. The number of allylic oxidation sites excluding steroid dienone is 8. The summed E-state index contributed by atoms with van der Waals surface area (Å²) in [6.07, 6.45) is 15.2. The zero-order valence-corrected chi connectivity index (χ0v) is 26.6. The fourth-order valence-electron chi connectivity index (χ4n) is 6.72. The lowest BCUT2D eigenvalue weighted by Gasteiger charge is -2.23. The molecule has 0 fully saturated rings. The second-order valence-electron chi connectivity index (χ2n) is 12.2. The summed E-state index contributed by atoms with van der Waals surface area (Å²) in [6, 6.07) is 26.4. The molecule has 44 heavy (non-hydrogen) atoms. The topological polar surface area (TPSA) is 98.5 Å². The van der Waals surface area contributed by atoms with Gasteiger partial charge in [-0.15, -0.1) is 10.2 Å². The SMILES string of the molecule is CN1/C(=C/C=C/C=C/C=C/C2=[N+](C)c3c(ccc4ccccc34)C2(C)C)C(C)(C)c2ccc3ccccc3c21.[O-][Cl+3]([O-])([O-])[O-]. The first-order chi connectivity index (χ1) is 20.7. The molecule has 0 atom stereocenters. The Hall–Kier alpha value is -4.04. The molecule has 0 saturated carbocycles. The third-order valence-corrected chi connectivity index (χ3v) is 8.77. The average molecular weight is 609 g/mol. The van der Waals surface area contributed by atoms with Crippen LogP contribution in [0.15, 0.2) is 121 Å². The van der Waals surface area contributed by atoms with E-state index in [9.17, 15) is 0 Å². The number of nitrogens with zero attached hydrogens (tertiary/aromatic N) is 2. The van der Waals surface area contributed by atoms with Gasteiger partial charge in [0.2, 0.25) is 5.69 Å². The predicted molar refractivity (Wildman–Crippen MR) is 169 cm³/mol. The monoisotopic (exact) mass is 608 g/mol. The van der Waals surface area contributed by atoms with Crippen LogP contribution in [0.2, 0.25) is 0 Å². The van der Waals surface area contributed by atoms with Crippen molar-refractivity contribution < 1.29 is 33.5 Å². The van der Waals surface area contributed by atoms with E-state index in [1.807, 2.05) is 0 Å². The van der Waals surface area contributed by atoms with Gasteiger partial charge in [0.05, 0.1) is 16.5 Å². The van der Waals surface area contributed by atoms with Gasteiger partial charge in [-0.25, -0.2) is 18.6 Å². The minimum atomic E-state index is -4.94. The lowest BCUT2D eigenvalue weighted by atomic mass is 9.80. The largest absolute Gasteiger partial charge is 0.347 e. The molecule has 0 saturated heterocycles. The fraction of sp³-hybridized carbons (Fsp3) is 0.216. The van der Waals surface area contributed by atoms with E-state index >= 15 is 0 Å². The van der Waals surface area contributed by atoms with Gasteiger partial charge in [-0.05, 0) is 42.3 Å². The maximum atomic E-state index is 8.49. The molecule has 0 N–H and O–H groups in total. The first kappa shape index (κ1) is 31.4. The highest BCUT2D eigenvalue weighted by Crippen LogP contribution is 2.50. The molecule has 6 nitrogen and oxygen atoms in total. The predicted octanol–water partition coefficient (Wildman–Crippen LogP) is 4.22. The Kier molecular flexibility index (Phi) is 8.42. The molecule has 0 aromatic heterocycles.